The van der Waals surface area contributed by atoms with E-state index in [-0.39, 0.29) is 5.91 Å². The van der Waals surface area contributed by atoms with Crippen LogP contribution in [0, 0.1) is 0 Å². The molecule has 4 heteroatoms. The Morgan fingerprint density at radius 1 is 1.33 bits per heavy atom. The van der Waals surface area contributed by atoms with Gasteiger partial charge in [0.15, 0.2) is 6.10 Å². The van der Waals surface area contributed by atoms with Gasteiger partial charge in [0.05, 0.1) is 0 Å². The van der Waals surface area contributed by atoms with Crippen LogP contribution < -0.4 is 10.1 Å². The van der Waals surface area contributed by atoms with Crippen LogP contribution in [0.4, 0.5) is 0 Å². The fourth-order valence-corrected chi connectivity index (χ4v) is 1.50. The van der Waals surface area contributed by atoms with E-state index >= 15 is 0 Å². The van der Waals surface area contributed by atoms with Crippen LogP contribution in [0.1, 0.15) is 13.3 Å². The topological polar surface area (TPSA) is 41.6 Å². The van der Waals surface area contributed by atoms with Crippen LogP contribution in [-0.4, -0.2) is 44.1 Å². The van der Waals surface area contributed by atoms with Crippen LogP contribution >= 0.6 is 0 Å². The normalized spacial score (nSPS) is 12.2. The molecule has 0 aliphatic carbocycles. The number of para-hydroxylation sites is 1. The standard InChI is InChI=1S/C14H22N2O2/c1-4-13(14(17)15-10-11-16(2)3)18-12-8-6-5-7-9-12/h5-9,13H,4,10-11H2,1-3H3,(H,15,17)/t13-/m1/s1. The number of hydrogen-bond acceptors (Lipinski definition) is 3. The summed E-state index contributed by atoms with van der Waals surface area (Å²) >= 11 is 0. The second-order valence-electron chi connectivity index (χ2n) is 4.42. The first-order valence-corrected chi connectivity index (χ1v) is 6.27. The van der Waals surface area contributed by atoms with Crippen molar-refractivity contribution in [2.45, 2.75) is 19.4 Å². The molecule has 0 aliphatic heterocycles. The zero-order chi connectivity index (χ0) is 13.4. The summed E-state index contributed by atoms with van der Waals surface area (Å²) in [5.74, 6) is 0.676. The van der Waals surface area contributed by atoms with Gasteiger partial charge in [0.25, 0.3) is 5.91 Å². The highest BCUT2D eigenvalue weighted by Gasteiger charge is 2.17. The van der Waals surface area contributed by atoms with Gasteiger partial charge in [-0.05, 0) is 32.6 Å². The van der Waals surface area contributed by atoms with Gasteiger partial charge in [0.2, 0.25) is 0 Å². The molecule has 0 radical (unpaired) electrons. The highest BCUT2D eigenvalue weighted by atomic mass is 16.5. The summed E-state index contributed by atoms with van der Waals surface area (Å²) in [5.41, 5.74) is 0. The predicted molar refractivity (Wildman–Crippen MR) is 72.7 cm³/mol. The molecule has 1 amide bonds. The Bertz CT molecular complexity index is 352. The first-order chi connectivity index (χ1) is 8.63. The third-order valence-electron chi connectivity index (χ3n) is 2.54. The van der Waals surface area contributed by atoms with Crippen LogP contribution in [0.15, 0.2) is 30.3 Å². The molecule has 0 fully saturated rings. The van der Waals surface area contributed by atoms with Gasteiger partial charge < -0.3 is 15.0 Å². The minimum absolute atomic E-state index is 0.0526. The molecule has 100 valence electrons. The third kappa shape index (κ3) is 5.19. The summed E-state index contributed by atoms with van der Waals surface area (Å²) in [4.78, 5) is 13.9. The van der Waals surface area contributed by atoms with E-state index in [0.717, 1.165) is 12.3 Å². The Morgan fingerprint density at radius 2 is 2.00 bits per heavy atom. The Labute approximate surface area is 109 Å². The monoisotopic (exact) mass is 250 g/mol. The molecule has 0 aromatic heterocycles. The highest BCUT2D eigenvalue weighted by Crippen LogP contribution is 2.12. The van der Waals surface area contributed by atoms with Crippen molar-refractivity contribution in [1.29, 1.82) is 0 Å². The quantitative estimate of drug-likeness (QED) is 0.798. The number of amides is 1. The average Bonchev–Trinajstić information content (AvgIpc) is 2.36. The van der Waals surface area contributed by atoms with Gasteiger partial charge in [-0.15, -0.1) is 0 Å². The molecule has 1 N–H and O–H groups in total. The molecule has 0 unspecified atom stereocenters. The number of carbonyl (C=O) groups excluding carboxylic acids is 1. The molecule has 0 saturated heterocycles. The van der Waals surface area contributed by atoms with Gasteiger partial charge in [0.1, 0.15) is 5.75 Å². The predicted octanol–water partition coefficient (Wildman–Crippen LogP) is 1.52. The first-order valence-electron chi connectivity index (χ1n) is 6.27. The number of likely N-dealkylation sites (N-methyl/N-ethyl adjacent to an activating group) is 1. The van der Waals surface area contributed by atoms with Crippen molar-refractivity contribution in [2.75, 3.05) is 27.2 Å². The number of nitrogens with one attached hydrogen (secondary N) is 1. The summed E-state index contributed by atoms with van der Waals surface area (Å²) < 4.78 is 5.66. The van der Waals surface area contributed by atoms with E-state index < -0.39 is 6.10 Å². The molecule has 0 aliphatic rings. The summed E-state index contributed by atoms with van der Waals surface area (Å²) in [7, 11) is 3.95. The largest absolute Gasteiger partial charge is 0.481 e. The summed E-state index contributed by atoms with van der Waals surface area (Å²) in [6.45, 7) is 3.41. The third-order valence-corrected chi connectivity index (χ3v) is 2.54. The van der Waals surface area contributed by atoms with Crippen molar-refractivity contribution in [3.63, 3.8) is 0 Å². The fourth-order valence-electron chi connectivity index (χ4n) is 1.50. The molecule has 1 atom stereocenters. The van der Waals surface area contributed by atoms with Crippen LogP contribution in [0.2, 0.25) is 0 Å². The van der Waals surface area contributed by atoms with E-state index in [1.165, 1.54) is 0 Å². The average molecular weight is 250 g/mol. The van der Waals surface area contributed by atoms with Crippen molar-refractivity contribution in [3.05, 3.63) is 30.3 Å². The maximum Gasteiger partial charge on any atom is 0.261 e. The maximum absolute atomic E-state index is 11.9. The Morgan fingerprint density at radius 3 is 2.56 bits per heavy atom. The molecule has 0 heterocycles. The number of rotatable bonds is 7. The summed E-state index contributed by atoms with van der Waals surface area (Å²) in [5, 5.41) is 2.88. The molecule has 0 saturated carbocycles. The molecule has 1 rings (SSSR count). The van der Waals surface area contributed by atoms with E-state index in [2.05, 4.69) is 5.32 Å². The van der Waals surface area contributed by atoms with Gasteiger partial charge in [-0.1, -0.05) is 25.1 Å². The number of benzene rings is 1. The van der Waals surface area contributed by atoms with Gasteiger partial charge in [-0.2, -0.15) is 0 Å². The minimum Gasteiger partial charge on any atom is -0.481 e. The van der Waals surface area contributed by atoms with Gasteiger partial charge in [-0.25, -0.2) is 0 Å². The van der Waals surface area contributed by atoms with Gasteiger partial charge in [-0.3, -0.25) is 4.79 Å². The van der Waals surface area contributed by atoms with Crippen molar-refractivity contribution < 1.29 is 9.53 Å². The second kappa shape index (κ2) is 7.71. The summed E-state index contributed by atoms with van der Waals surface area (Å²) in [6, 6.07) is 9.43. The number of hydrogen-bond donors (Lipinski definition) is 1. The van der Waals surface area contributed by atoms with Crippen molar-refractivity contribution in [3.8, 4) is 5.75 Å². The zero-order valence-corrected chi connectivity index (χ0v) is 11.3. The molecule has 18 heavy (non-hydrogen) atoms. The van der Waals surface area contributed by atoms with E-state index in [1.54, 1.807) is 0 Å². The molecular formula is C14H22N2O2. The molecule has 0 spiro atoms. The lowest BCUT2D eigenvalue weighted by Gasteiger charge is -2.18. The molecule has 1 aromatic carbocycles. The zero-order valence-electron chi connectivity index (χ0n) is 11.3. The maximum atomic E-state index is 11.9. The lowest BCUT2D eigenvalue weighted by atomic mass is 10.2. The fraction of sp³-hybridized carbons (Fsp3) is 0.500. The van der Waals surface area contributed by atoms with Gasteiger partial charge in [0, 0.05) is 13.1 Å². The molecular weight excluding hydrogens is 228 g/mol. The number of ether oxygens (including phenoxy) is 1. The Kier molecular flexibility index (Phi) is 6.22. The van der Waals surface area contributed by atoms with Crippen molar-refractivity contribution in [1.82, 2.24) is 10.2 Å². The highest BCUT2D eigenvalue weighted by molar-refractivity contribution is 5.81. The number of nitrogens with zero attached hydrogens (tertiary/aromatic N) is 1. The Balaban J connectivity index is 2.43. The van der Waals surface area contributed by atoms with Crippen molar-refractivity contribution >= 4 is 5.91 Å². The van der Waals surface area contributed by atoms with Crippen LogP contribution in [0.5, 0.6) is 5.75 Å². The lowest BCUT2D eigenvalue weighted by Crippen LogP contribution is -2.40. The van der Waals surface area contributed by atoms with Gasteiger partial charge >= 0.3 is 0 Å². The number of carbonyl (C=O) groups is 1. The SMILES string of the molecule is CC[C@@H](Oc1ccccc1)C(=O)NCCN(C)C. The Hall–Kier alpha value is -1.55. The lowest BCUT2D eigenvalue weighted by molar-refractivity contribution is -0.128. The second-order valence-corrected chi connectivity index (χ2v) is 4.42. The van der Waals surface area contributed by atoms with Crippen LogP contribution in [0.3, 0.4) is 0 Å². The van der Waals surface area contributed by atoms with Crippen LogP contribution in [0.25, 0.3) is 0 Å². The summed E-state index contributed by atoms with van der Waals surface area (Å²) in [6.07, 6.45) is 0.234. The van der Waals surface area contributed by atoms with E-state index in [9.17, 15) is 4.79 Å². The van der Waals surface area contributed by atoms with Crippen LogP contribution in [-0.2, 0) is 4.79 Å². The first kappa shape index (κ1) is 14.5. The van der Waals surface area contributed by atoms with E-state index in [0.29, 0.717) is 13.0 Å². The molecule has 1 aromatic rings. The van der Waals surface area contributed by atoms with Crippen molar-refractivity contribution in [2.24, 2.45) is 0 Å². The molecule has 0 bridgehead atoms. The van der Waals surface area contributed by atoms with E-state index in [1.807, 2.05) is 56.3 Å². The molecule has 4 nitrogen and oxygen atoms in total. The van der Waals surface area contributed by atoms with E-state index in [4.69, 9.17) is 4.74 Å². The smallest absolute Gasteiger partial charge is 0.261 e. The minimum atomic E-state index is -0.422.